The van der Waals surface area contributed by atoms with Crippen molar-refractivity contribution in [3.63, 3.8) is 0 Å². The number of carbonyl (C=O) groups is 1. The normalized spacial score (nSPS) is 22.0. The number of rotatable bonds is 6. The number of hydrazine groups is 1. The van der Waals surface area contributed by atoms with Crippen molar-refractivity contribution >= 4 is 32.5 Å². The highest BCUT2D eigenvalue weighted by atomic mass is 32.2. The maximum atomic E-state index is 13.4. The van der Waals surface area contributed by atoms with E-state index in [-0.39, 0.29) is 22.3 Å². The van der Waals surface area contributed by atoms with Crippen LogP contribution in [0.15, 0.2) is 4.21 Å². The molecule has 10 heteroatoms. The number of sulfonamides is 1. The summed E-state index contributed by atoms with van der Waals surface area (Å²) >= 11 is 1.05. The molecule has 3 fully saturated rings. The van der Waals surface area contributed by atoms with Gasteiger partial charge in [-0.3, -0.25) is 5.32 Å². The van der Waals surface area contributed by atoms with Crippen LogP contribution < -0.4 is 10.1 Å². The van der Waals surface area contributed by atoms with E-state index in [9.17, 15) is 13.2 Å². The average molecular weight is 484 g/mol. The molecule has 0 bridgehead atoms. The van der Waals surface area contributed by atoms with Crippen LogP contribution in [0.2, 0.25) is 0 Å². The van der Waals surface area contributed by atoms with E-state index in [1.54, 1.807) is 11.9 Å². The number of thiazole rings is 1. The second kappa shape index (κ2) is 10.8. The summed E-state index contributed by atoms with van der Waals surface area (Å²) in [7, 11) is -3.70. The van der Waals surface area contributed by atoms with Gasteiger partial charge in [-0.2, -0.15) is 0 Å². The van der Waals surface area contributed by atoms with Gasteiger partial charge in [-0.25, -0.2) is 23.2 Å². The van der Waals surface area contributed by atoms with Gasteiger partial charge in [0.05, 0.1) is 5.69 Å². The van der Waals surface area contributed by atoms with Gasteiger partial charge in [-0.1, -0.05) is 56.3 Å². The summed E-state index contributed by atoms with van der Waals surface area (Å²) in [6, 6.07) is 0.430. The molecule has 1 aliphatic heterocycles. The van der Waals surface area contributed by atoms with Gasteiger partial charge >= 0.3 is 6.03 Å². The second-order valence-corrected chi connectivity index (χ2v) is 12.3. The SMILES string of the molecule is Cc1nc(NC(=O)N(C2CCCCC2)C2CCCCC2)sc1S(=O)(=O)NN1CCCCC1. The van der Waals surface area contributed by atoms with Gasteiger partial charge < -0.3 is 4.90 Å². The molecule has 0 spiro atoms. The summed E-state index contributed by atoms with van der Waals surface area (Å²) in [5.41, 5.74) is 0.427. The van der Waals surface area contributed by atoms with Gasteiger partial charge in [-0.05, 0) is 45.4 Å². The van der Waals surface area contributed by atoms with Crippen molar-refractivity contribution in [1.29, 1.82) is 0 Å². The highest BCUT2D eigenvalue weighted by molar-refractivity contribution is 7.91. The lowest BCUT2D eigenvalue weighted by molar-refractivity contribution is 0.114. The van der Waals surface area contributed by atoms with E-state index in [0.29, 0.717) is 10.8 Å². The van der Waals surface area contributed by atoms with Crippen molar-refractivity contribution in [1.82, 2.24) is 19.7 Å². The quantitative estimate of drug-likeness (QED) is 0.615. The predicted molar refractivity (Wildman–Crippen MR) is 127 cm³/mol. The van der Waals surface area contributed by atoms with Crippen molar-refractivity contribution in [2.45, 2.75) is 107 Å². The number of hydrogen-bond donors (Lipinski definition) is 2. The number of aryl methyl sites for hydroxylation is 1. The maximum absolute atomic E-state index is 13.4. The highest BCUT2D eigenvalue weighted by Gasteiger charge is 2.33. The molecule has 0 unspecified atom stereocenters. The number of urea groups is 1. The number of anilines is 1. The zero-order chi connectivity index (χ0) is 22.6. The van der Waals surface area contributed by atoms with Crippen molar-refractivity contribution in [2.24, 2.45) is 0 Å². The maximum Gasteiger partial charge on any atom is 0.324 e. The highest BCUT2D eigenvalue weighted by Crippen LogP contribution is 2.32. The van der Waals surface area contributed by atoms with Crippen LogP contribution >= 0.6 is 11.3 Å². The van der Waals surface area contributed by atoms with Gasteiger partial charge in [0.1, 0.15) is 0 Å². The van der Waals surface area contributed by atoms with Crippen molar-refractivity contribution in [3.8, 4) is 0 Å². The fraction of sp³-hybridized carbons (Fsp3) is 0.818. The molecule has 2 aliphatic carbocycles. The number of nitrogens with one attached hydrogen (secondary N) is 2. The first-order valence-corrected chi connectivity index (χ1v) is 14.6. The van der Waals surface area contributed by atoms with Crippen LogP contribution in [0, 0.1) is 6.92 Å². The molecule has 0 atom stereocenters. The minimum absolute atomic E-state index is 0.120. The first kappa shape index (κ1) is 23.9. The molecule has 32 heavy (non-hydrogen) atoms. The summed E-state index contributed by atoms with van der Waals surface area (Å²) in [4.78, 5) is 22.6. The molecule has 4 rings (SSSR count). The van der Waals surface area contributed by atoms with Crippen LogP contribution in [0.25, 0.3) is 0 Å². The lowest BCUT2D eigenvalue weighted by Gasteiger charge is -2.41. The van der Waals surface area contributed by atoms with E-state index >= 15 is 0 Å². The minimum atomic E-state index is -3.70. The second-order valence-electron chi connectivity index (χ2n) is 9.46. The lowest BCUT2D eigenvalue weighted by Crippen LogP contribution is -2.50. The Balaban J connectivity index is 1.47. The summed E-state index contributed by atoms with van der Waals surface area (Å²) in [6.07, 6.45) is 14.5. The molecular weight excluding hydrogens is 446 g/mol. The van der Waals surface area contributed by atoms with E-state index in [4.69, 9.17) is 0 Å². The fourth-order valence-electron chi connectivity index (χ4n) is 5.39. The first-order valence-electron chi connectivity index (χ1n) is 12.3. The number of amides is 2. The monoisotopic (exact) mass is 483 g/mol. The molecule has 2 amide bonds. The molecule has 1 aromatic heterocycles. The zero-order valence-electron chi connectivity index (χ0n) is 19.1. The number of hydrogen-bond acceptors (Lipinski definition) is 6. The van der Waals surface area contributed by atoms with Crippen molar-refractivity contribution in [2.75, 3.05) is 18.4 Å². The third-order valence-electron chi connectivity index (χ3n) is 6.99. The Labute approximate surface area is 196 Å². The molecule has 2 N–H and O–H groups in total. The van der Waals surface area contributed by atoms with Crippen LogP contribution in [0.1, 0.15) is 89.2 Å². The lowest BCUT2D eigenvalue weighted by atomic mass is 9.89. The molecule has 1 saturated heterocycles. The Morgan fingerprint density at radius 1 is 0.938 bits per heavy atom. The Bertz CT molecular complexity index is 852. The Morgan fingerprint density at radius 2 is 1.47 bits per heavy atom. The van der Waals surface area contributed by atoms with Crippen LogP contribution in [-0.2, 0) is 10.0 Å². The average Bonchev–Trinajstić information content (AvgIpc) is 3.17. The fourth-order valence-corrected chi connectivity index (χ4v) is 7.90. The molecule has 0 radical (unpaired) electrons. The smallest absolute Gasteiger partial charge is 0.319 e. The predicted octanol–water partition coefficient (Wildman–Crippen LogP) is 4.63. The van der Waals surface area contributed by atoms with Crippen LogP contribution in [0.4, 0.5) is 9.93 Å². The van der Waals surface area contributed by atoms with Gasteiger partial charge in [0, 0.05) is 25.2 Å². The van der Waals surface area contributed by atoms with E-state index in [1.165, 1.54) is 38.5 Å². The van der Waals surface area contributed by atoms with Crippen LogP contribution in [0.5, 0.6) is 0 Å². The van der Waals surface area contributed by atoms with Gasteiger partial charge in [-0.15, -0.1) is 4.83 Å². The van der Waals surface area contributed by atoms with Crippen LogP contribution in [-0.4, -0.2) is 54.5 Å². The standard InChI is InChI=1S/C22H37N5O3S2/c1-17-20(32(29,30)25-26-15-9-4-10-16-26)31-21(23-17)24-22(28)27(18-11-5-2-6-12-18)19-13-7-3-8-14-19/h18-19,25H,2-16H2,1H3,(H,23,24,28). The van der Waals surface area contributed by atoms with Crippen molar-refractivity contribution in [3.05, 3.63) is 5.69 Å². The first-order chi connectivity index (χ1) is 15.4. The van der Waals surface area contributed by atoms with Crippen LogP contribution in [0.3, 0.4) is 0 Å². The summed E-state index contributed by atoms with van der Waals surface area (Å²) in [5, 5.41) is 5.09. The summed E-state index contributed by atoms with van der Waals surface area (Å²) in [6.45, 7) is 3.13. The van der Waals surface area contributed by atoms with E-state index in [2.05, 4.69) is 20.0 Å². The van der Waals surface area contributed by atoms with Crippen molar-refractivity contribution < 1.29 is 13.2 Å². The molecule has 3 aliphatic rings. The minimum Gasteiger partial charge on any atom is -0.319 e. The van der Waals surface area contributed by atoms with E-state index in [0.717, 1.165) is 69.4 Å². The molecular formula is C22H37N5O3S2. The van der Waals surface area contributed by atoms with E-state index in [1.807, 2.05) is 0 Å². The molecule has 0 aromatic carbocycles. The molecule has 1 aromatic rings. The Morgan fingerprint density at radius 3 is 2.03 bits per heavy atom. The number of nitrogens with zero attached hydrogens (tertiary/aromatic N) is 3. The third kappa shape index (κ3) is 5.81. The molecule has 180 valence electrons. The number of carbonyl (C=O) groups excluding carboxylic acids is 1. The molecule has 8 nitrogen and oxygen atoms in total. The largest absolute Gasteiger partial charge is 0.324 e. The van der Waals surface area contributed by atoms with Gasteiger partial charge in [0.25, 0.3) is 10.0 Å². The Hall–Kier alpha value is -1.23. The summed E-state index contributed by atoms with van der Waals surface area (Å²) < 4.78 is 26.1. The van der Waals surface area contributed by atoms with Gasteiger partial charge in [0.2, 0.25) is 0 Å². The molecule has 2 heterocycles. The summed E-state index contributed by atoms with van der Waals surface area (Å²) in [5.74, 6) is 0. The van der Waals surface area contributed by atoms with Gasteiger partial charge in [0.15, 0.2) is 9.34 Å². The molecule has 2 saturated carbocycles. The zero-order valence-corrected chi connectivity index (χ0v) is 20.8. The number of piperidine rings is 1. The Kier molecular flexibility index (Phi) is 8.07. The van der Waals surface area contributed by atoms with E-state index < -0.39 is 10.0 Å². The topological polar surface area (TPSA) is 94.6 Å². The third-order valence-corrected chi connectivity index (χ3v) is 10.0. The number of aromatic nitrogens is 1.